The predicted octanol–water partition coefficient (Wildman–Crippen LogP) is 3.87. The van der Waals surface area contributed by atoms with Crippen LogP contribution in [0.4, 0.5) is 11.4 Å². The number of benzene rings is 2. The number of rotatable bonds is 4. The number of fused-ring (bicyclic) bond motifs is 2. The molecule has 0 bridgehead atoms. The fourth-order valence-electron chi connectivity index (χ4n) is 3.96. The maximum Gasteiger partial charge on any atom is 0.228 e. The van der Waals surface area contributed by atoms with Gasteiger partial charge >= 0.3 is 0 Å². The first kappa shape index (κ1) is 16.7. The Balaban J connectivity index is 1.60. The molecule has 1 unspecified atom stereocenters. The molecule has 138 valence electrons. The Morgan fingerprint density at radius 3 is 2.89 bits per heavy atom. The molecule has 2 aromatic carbocycles. The van der Waals surface area contributed by atoms with Gasteiger partial charge in [0.25, 0.3) is 0 Å². The summed E-state index contributed by atoms with van der Waals surface area (Å²) in [5.41, 5.74) is 5.70. The Kier molecular flexibility index (Phi) is 3.76. The van der Waals surface area contributed by atoms with Crippen molar-refractivity contribution in [2.45, 2.75) is 32.2 Å². The maximum atomic E-state index is 11.8. The van der Waals surface area contributed by atoms with Gasteiger partial charge in [-0.05, 0) is 60.6 Å². The van der Waals surface area contributed by atoms with Gasteiger partial charge in [-0.2, -0.15) is 5.26 Å². The van der Waals surface area contributed by atoms with Crippen molar-refractivity contribution in [2.24, 2.45) is 5.92 Å². The third kappa shape index (κ3) is 2.76. The minimum Gasteiger partial charge on any atom is -0.379 e. The zero-order valence-electron chi connectivity index (χ0n) is 15.5. The summed E-state index contributed by atoms with van der Waals surface area (Å²) in [6, 6.07) is 14.3. The Labute approximate surface area is 162 Å². The summed E-state index contributed by atoms with van der Waals surface area (Å²) < 4.78 is 0. The van der Waals surface area contributed by atoms with Gasteiger partial charge in [0.05, 0.1) is 17.6 Å². The largest absolute Gasteiger partial charge is 0.379 e. The Bertz CT molecular complexity index is 1160. The number of carbonyl (C=O) groups is 1. The van der Waals surface area contributed by atoms with Crippen LogP contribution in [0.5, 0.6) is 0 Å². The molecular weight excluding hydrogens is 350 g/mol. The average Bonchev–Trinajstić information content (AvgIpc) is 3.48. The van der Waals surface area contributed by atoms with Gasteiger partial charge in [0.2, 0.25) is 5.91 Å². The second-order valence-electron chi connectivity index (χ2n) is 7.59. The normalized spacial score (nSPS) is 16.4. The standard InChI is InChI=1S/C22H19N5O/c1-12(13-5-6-13)24-22-16-8-7-14(9-19(16)26-27-20(22)11-23)15-3-2-4-18-17(15)10-21(28)25-18/h2-4,7-9,12-13H,5-6,10H2,1H3,(H,24,26)(H,25,28). The molecule has 1 aromatic heterocycles. The molecule has 6 nitrogen and oxygen atoms in total. The van der Waals surface area contributed by atoms with Crippen LogP contribution in [0.1, 0.15) is 31.0 Å². The topological polar surface area (TPSA) is 90.7 Å². The molecule has 0 spiro atoms. The molecular formula is C22H19N5O. The van der Waals surface area contributed by atoms with Crippen LogP contribution < -0.4 is 10.6 Å². The first-order valence-corrected chi connectivity index (χ1v) is 9.53. The van der Waals surface area contributed by atoms with Gasteiger partial charge in [0.1, 0.15) is 6.07 Å². The summed E-state index contributed by atoms with van der Waals surface area (Å²) in [4.78, 5) is 11.8. The smallest absolute Gasteiger partial charge is 0.228 e. The van der Waals surface area contributed by atoms with Crippen LogP contribution in [0.2, 0.25) is 0 Å². The summed E-state index contributed by atoms with van der Waals surface area (Å²) >= 11 is 0. The first-order chi connectivity index (χ1) is 13.6. The second kappa shape index (κ2) is 6.31. The molecule has 1 saturated carbocycles. The van der Waals surface area contributed by atoms with Gasteiger partial charge in [0, 0.05) is 17.1 Å². The molecule has 1 aliphatic heterocycles. The van der Waals surface area contributed by atoms with Crippen LogP contribution in [0, 0.1) is 17.2 Å². The molecule has 5 rings (SSSR count). The number of hydrogen-bond donors (Lipinski definition) is 2. The first-order valence-electron chi connectivity index (χ1n) is 9.53. The minimum atomic E-state index is 0.0160. The lowest BCUT2D eigenvalue weighted by molar-refractivity contribution is -0.115. The van der Waals surface area contributed by atoms with Gasteiger partial charge in [-0.15, -0.1) is 10.2 Å². The summed E-state index contributed by atoms with van der Waals surface area (Å²) in [5.74, 6) is 0.674. The van der Waals surface area contributed by atoms with Crippen molar-refractivity contribution in [2.75, 3.05) is 10.6 Å². The molecule has 0 radical (unpaired) electrons. The van der Waals surface area contributed by atoms with E-state index in [9.17, 15) is 10.1 Å². The van der Waals surface area contributed by atoms with E-state index in [1.165, 1.54) is 12.8 Å². The number of nitriles is 1. The monoisotopic (exact) mass is 369 g/mol. The number of carbonyl (C=O) groups excluding carboxylic acids is 1. The van der Waals surface area contributed by atoms with E-state index >= 15 is 0 Å². The number of anilines is 2. The number of nitrogens with one attached hydrogen (secondary N) is 2. The van der Waals surface area contributed by atoms with E-state index in [-0.39, 0.29) is 5.91 Å². The lowest BCUT2D eigenvalue weighted by Gasteiger charge is -2.17. The Hall–Kier alpha value is -3.46. The fourth-order valence-corrected chi connectivity index (χ4v) is 3.96. The SMILES string of the molecule is CC(Nc1c(C#N)nnc2cc(-c3cccc4c3CC(=O)N4)ccc12)C1CC1. The third-order valence-electron chi connectivity index (χ3n) is 5.67. The molecule has 2 N–H and O–H groups in total. The van der Waals surface area contributed by atoms with Gasteiger partial charge in [-0.1, -0.05) is 18.2 Å². The highest BCUT2D eigenvalue weighted by molar-refractivity contribution is 6.02. The van der Waals surface area contributed by atoms with E-state index in [2.05, 4.69) is 33.8 Å². The summed E-state index contributed by atoms with van der Waals surface area (Å²) in [6.45, 7) is 2.15. The van der Waals surface area contributed by atoms with Crippen molar-refractivity contribution >= 4 is 28.2 Å². The van der Waals surface area contributed by atoms with Crippen molar-refractivity contribution in [3.8, 4) is 17.2 Å². The Morgan fingerprint density at radius 1 is 1.25 bits per heavy atom. The lowest BCUT2D eigenvalue weighted by Crippen LogP contribution is -2.19. The van der Waals surface area contributed by atoms with E-state index < -0.39 is 0 Å². The van der Waals surface area contributed by atoms with Gasteiger partial charge < -0.3 is 10.6 Å². The van der Waals surface area contributed by atoms with E-state index in [4.69, 9.17) is 0 Å². The highest BCUT2D eigenvalue weighted by atomic mass is 16.1. The molecule has 2 aliphatic rings. The molecule has 1 amide bonds. The third-order valence-corrected chi connectivity index (χ3v) is 5.67. The van der Waals surface area contributed by atoms with E-state index in [1.54, 1.807) is 0 Å². The molecule has 6 heteroatoms. The molecule has 1 aliphatic carbocycles. The summed E-state index contributed by atoms with van der Waals surface area (Å²) in [6.07, 6.45) is 2.83. The van der Waals surface area contributed by atoms with Gasteiger partial charge in [-0.25, -0.2) is 0 Å². The Morgan fingerprint density at radius 2 is 2.11 bits per heavy atom. The molecule has 1 atom stereocenters. The lowest BCUT2D eigenvalue weighted by atomic mass is 9.96. The van der Waals surface area contributed by atoms with Crippen LogP contribution in [0.3, 0.4) is 0 Å². The van der Waals surface area contributed by atoms with Crippen LogP contribution in [0.25, 0.3) is 22.0 Å². The predicted molar refractivity (Wildman–Crippen MR) is 108 cm³/mol. The zero-order chi connectivity index (χ0) is 19.3. The van der Waals surface area contributed by atoms with Crippen molar-refractivity contribution in [3.05, 3.63) is 47.7 Å². The van der Waals surface area contributed by atoms with Crippen LogP contribution in [0.15, 0.2) is 36.4 Å². The van der Waals surface area contributed by atoms with Gasteiger partial charge in [-0.3, -0.25) is 4.79 Å². The molecule has 3 aromatic rings. The van der Waals surface area contributed by atoms with Crippen molar-refractivity contribution in [1.29, 1.82) is 5.26 Å². The summed E-state index contributed by atoms with van der Waals surface area (Å²) in [7, 11) is 0. The number of aromatic nitrogens is 2. The molecule has 2 heterocycles. The quantitative estimate of drug-likeness (QED) is 0.728. The van der Waals surface area contributed by atoms with Crippen LogP contribution >= 0.6 is 0 Å². The van der Waals surface area contributed by atoms with E-state index in [0.29, 0.717) is 24.1 Å². The highest BCUT2D eigenvalue weighted by Crippen LogP contribution is 2.37. The zero-order valence-corrected chi connectivity index (χ0v) is 15.5. The average molecular weight is 369 g/mol. The van der Waals surface area contributed by atoms with Crippen molar-refractivity contribution in [3.63, 3.8) is 0 Å². The minimum absolute atomic E-state index is 0.0160. The molecule has 0 saturated heterocycles. The van der Waals surface area contributed by atoms with Gasteiger partial charge in [0.15, 0.2) is 5.69 Å². The number of amides is 1. The molecule has 28 heavy (non-hydrogen) atoms. The van der Waals surface area contributed by atoms with Crippen LogP contribution in [-0.2, 0) is 11.2 Å². The maximum absolute atomic E-state index is 11.8. The van der Waals surface area contributed by atoms with Crippen molar-refractivity contribution in [1.82, 2.24) is 10.2 Å². The number of nitrogens with zero attached hydrogens (tertiary/aromatic N) is 3. The van der Waals surface area contributed by atoms with E-state index in [0.717, 1.165) is 39.0 Å². The van der Waals surface area contributed by atoms with E-state index in [1.807, 2.05) is 36.4 Å². The van der Waals surface area contributed by atoms with Crippen LogP contribution in [-0.4, -0.2) is 22.1 Å². The highest BCUT2D eigenvalue weighted by Gasteiger charge is 2.29. The second-order valence-corrected chi connectivity index (χ2v) is 7.59. The van der Waals surface area contributed by atoms with Crippen molar-refractivity contribution < 1.29 is 4.79 Å². The summed E-state index contributed by atoms with van der Waals surface area (Å²) in [5, 5.41) is 25.2. The molecule has 1 fully saturated rings. The fraction of sp³-hybridized carbons (Fsp3) is 0.273. The number of hydrogen-bond acceptors (Lipinski definition) is 5.